The Morgan fingerprint density at radius 2 is 1.88 bits per heavy atom. The number of carbonyl (C=O) groups is 1. The van der Waals surface area contributed by atoms with Gasteiger partial charge < -0.3 is 14.5 Å². The third kappa shape index (κ3) is 3.94. The highest BCUT2D eigenvalue weighted by atomic mass is 16.5. The lowest BCUT2D eigenvalue weighted by Gasteiger charge is -2.07. The largest absolute Gasteiger partial charge is 0.497 e. The summed E-state index contributed by atoms with van der Waals surface area (Å²) in [4.78, 5) is 24.2. The second-order valence-corrected chi connectivity index (χ2v) is 6.07. The zero-order valence-electron chi connectivity index (χ0n) is 14.9. The molecular weight excluding hydrogens is 330 g/mol. The number of anilines is 1. The number of unbranched alkanes of at least 4 members (excludes halogenated alkanes) is 1. The van der Waals surface area contributed by atoms with E-state index in [1.165, 1.54) is 6.07 Å². The zero-order chi connectivity index (χ0) is 18.5. The Morgan fingerprint density at radius 1 is 1.12 bits per heavy atom. The lowest BCUT2D eigenvalue weighted by Crippen LogP contribution is -2.10. The molecular formula is C21H21NO4. The summed E-state index contributed by atoms with van der Waals surface area (Å²) in [5.74, 6) is 1.10. The van der Waals surface area contributed by atoms with Gasteiger partial charge in [0.2, 0.25) is 5.91 Å². The molecule has 5 heteroatoms. The summed E-state index contributed by atoms with van der Waals surface area (Å²) in [6, 6.07) is 13.9. The Bertz CT molecular complexity index is 973. The van der Waals surface area contributed by atoms with Crippen molar-refractivity contribution in [3.63, 3.8) is 0 Å². The van der Waals surface area contributed by atoms with Gasteiger partial charge in [0.25, 0.3) is 0 Å². The first-order chi connectivity index (χ1) is 12.6. The van der Waals surface area contributed by atoms with Crippen LogP contribution >= 0.6 is 0 Å². The summed E-state index contributed by atoms with van der Waals surface area (Å²) < 4.78 is 11.0. The molecule has 1 heterocycles. The molecule has 0 aliphatic heterocycles. The van der Waals surface area contributed by atoms with Crippen LogP contribution in [-0.2, 0) is 4.79 Å². The molecule has 0 atom stereocenters. The van der Waals surface area contributed by atoms with Gasteiger partial charge >= 0.3 is 0 Å². The van der Waals surface area contributed by atoms with E-state index in [0.717, 1.165) is 24.1 Å². The van der Waals surface area contributed by atoms with Crippen LogP contribution in [0.5, 0.6) is 5.75 Å². The minimum atomic E-state index is -0.128. The Labute approximate surface area is 151 Å². The van der Waals surface area contributed by atoms with Crippen LogP contribution in [0, 0.1) is 0 Å². The number of fused-ring (bicyclic) bond motifs is 1. The molecule has 0 aliphatic rings. The van der Waals surface area contributed by atoms with Crippen molar-refractivity contribution in [3.05, 3.63) is 58.8 Å². The van der Waals surface area contributed by atoms with Crippen molar-refractivity contribution < 1.29 is 13.9 Å². The molecule has 1 amide bonds. The van der Waals surface area contributed by atoms with Gasteiger partial charge in [-0.3, -0.25) is 9.59 Å². The molecule has 134 valence electrons. The Hall–Kier alpha value is -3.08. The highest BCUT2D eigenvalue weighted by Gasteiger charge is 2.09. The molecule has 1 aromatic heterocycles. The van der Waals surface area contributed by atoms with E-state index in [1.807, 2.05) is 12.1 Å². The van der Waals surface area contributed by atoms with Crippen LogP contribution in [0.4, 0.5) is 5.69 Å². The topological polar surface area (TPSA) is 68.5 Å². The number of hydrogen-bond acceptors (Lipinski definition) is 4. The lowest BCUT2D eigenvalue weighted by atomic mass is 10.1. The summed E-state index contributed by atoms with van der Waals surface area (Å²) >= 11 is 0. The molecule has 0 saturated carbocycles. The molecule has 3 aromatic rings. The fourth-order valence-electron chi connectivity index (χ4n) is 2.68. The first-order valence-corrected chi connectivity index (χ1v) is 8.63. The van der Waals surface area contributed by atoms with Crippen molar-refractivity contribution in [2.24, 2.45) is 0 Å². The van der Waals surface area contributed by atoms with Crippen molar-refractivity contribution in [2.75, 3.05) is 12.4 Å². The average molecular weight is 351 g/mol. The minimum absolute atomic E-state index is 0.00536. The van der Waals surface area contributed by atoms with Crippen molar-refractivity contribution >= 4 is 22.6 Å². The highest BCUT2D eigenvalue weighted by Crippen LogP contribution is 2.25. The first-order valence-electron chi connectivity index (χ1n) is 8.63. The van der Waals surface area contributed by atoms with Crippen molar-refractivity contribution in [3.8, 4) is 17.1 Å². The van der Waals surface area contributed by atoms with Gasteiger partial charge in [0, 0.05) is 23.7 Å². The fraction of sp³-hybridized carbons (Fsp3) is 0.238. The number of ether oxygens (including phenoxy) is 1. The van der Waals surface area contributed by atoms with Gasteiger partial charge in [0.15, 0.2) is 5.43 Å². The molecule has 5 nitrogen and oxygen atoms in total. The van der Waals surface area contributed by atoms with Crippen molar-refractivity contribution in [1.82, 2.24) is 0 Å². The van der Waals surface area contributed by atoms with Crippen LogP contribution in [0.3, 0.4) is 0 Å². The maximum atomic E-state index is 12.4. The van der Waals surface area contributed by atoms with E-state index in [-0.39, 0.29) is 11.3 Å². The molecule has 26 heavy (non-hydrogen) atoms. The van der Waals surface area contributed by atoms with Gasteiger partial charge in [0.05, 0.1) is 12.5 Å². The van der Waals surface area contributed by atoms with Crippen LogP contribution in [0.25, 0.3) is 22.3 Å². The van der Waals surface area contributed by atoms with Gasteiger partial charge in [0.1, 0.15) is 17.1 Å². The van der Waals surface area contributed by atoms with E-state index in [2.05, 4.69) is 12.2 Å². The third-order valence-electron chi connectivity index (χ3n) is 4.14. The van der Waals surface area contributed by atoms with Crippen LogP contribution < -0.4 is 15.5 Å². The van der Waals surface area contributed by atoms with E-state index in [9.17, 15) is 9.59 Å². The van der Waals surface area contributed by atoms with Crippen LogP contribution in [0.1, 0.15) is 26.2 Å². The quantitative estimate of drug-likeness (QED) is 0.705. The predicted octanol–water partition coefficient (Wildman–Crippen LogP) is 4.60. The second kappa shape index (κ2) is 7.87. The normalized spacial score (nSPS) is 10.7. The summed E-state index contributed by atoms with van der Waals surface area (Å²) in [6.07, 6.45) is 2.37. The molecule has 0 radical (unpaired) electrons. The first kappa shape index (κ1) is 17.7. The number of nitrogens with one attached hydrogen (secondary N) is 1. The Balaban J connectivity index is 1.85. The summed E-state index contributed by atoms with van der Waals surface area (Å²) in [7, 11) is 1.56. The smallest absolute Gasteiger partial charge is 0.224 e. The molecule has 0 bridgehead atoms. The summed E-state index contributed by atoms with van der Waals surface area (Å²) in [5, 5.41) is 3.34. The minimum Gasteiger partial charge on any atom is -0.497 e. The van der Waals surface area contributed by atoms with E-state index in [0.29, 0.717) is 28.9 Å². The fourth-order valence-corrected chi connectivity index (χ4v) is 2.68. The van der Waals surface area contributed by atoms with E-state index < -0.39 is 0 Å². The van der Waals surface area contributed by atoms with Crippen molar-refractivity contribution in [1.29, 1.82) is 0 Å². The maximum Gasteiger partial charge on any atom is 0.224 e. The average Bonchev–Trinajstić information content (AvgIpc) is 2.66. The van der Waals surface area contributed by atoms with Gasteiger partial charge in [-0.25, -0.2) is 0 Å². The number of rotatable bonds is 6. The van der Waals surface area contributed by atoms with Crippen LogP contribution in [-0.4, -0.2) is 13.0 Å². The molecule has 0 saturated heterocycles. The molecule has 0 unspecified atom stereocenters. The summed E-state index contributed by atoms with van der Waals surface area (Å²) in [6.45, 7) is 2.05. The number of methoxy groups -OCH3 is 1. The second-order valence-electron chi connectivity index (χ2n) is 6.07. The zero-order valence-corrected chi connectivity index (χ0v) is 14.9. The van der Waals surface area contributed by atoms with E-state index >= 15 is 0 Å². The van der Waals surface area contributed by atoms with Crippen LogP contribution in [0.2, 0.25) is 0 Å². The van der Waals surface area contributed by atoms with Gasteiger partial charge in [-0.2, -0.15) is 0 Å². The SMILES string of the molecule is CCCCC(=O)Nc1ccc(-c2cc(=O)c3cc(OC)ccc3o2)cc1. The molecule has 1 N–H and O–H groups in total. The number of hydrogen-bond donors (Lipinski definition) is 1. The van der Waals surface area contributed by atoms with Gasteiger partial charge in [-0.05, 0) is 48.9 Å². The molecule has 0 fully saturated rings. The maximum absolute atomic E-state index is 12.4. The summed E-state index contributed by atoms with van der Waals surface area (Å²) in [5.41, 5.74) is 1.87. The van der Waals surface area contributed by atoms with Gasteiger partial charge in [-0.1, -0.05) is 13.3 Å². The Kier molecular flexibility index (Phi) is 5.37. The molecule has 3 rings (SSSR count). The molecule has 2 aromatic carbocycles. The number of carbonyl (C=O) groups excluding carboxylic acids is 1. The molecule has 0 spiro atoms. The number of benzene rings is 2. The van der Waals surface area contributed by atoms with E-state index in [1.54, 1.807) is 37.4 Å². The van der Waals surface area contributed by atoms with E-state index in [4.69, 9.17) is 9.15 Å². The highest BCUT2D eigenvalue weighted by molar-refractivity contribution is 5.91. The molecule has 0 aliphatic carbocycles. The monoisotopic (exact) mass is 351 g/mol. The van der Waals surface area contributed by atoms with Crippen LogP contribution in [0.15, 0.2) is 57.7 Å². The standard InChI is InChI=1S/C21H21NO4/c1-3-4-5-21(24)22-15-8-6-14(7-9-15)20-13-18(23)17-12-16(25-2)10-11-19(17)26-20/h6-13H,3-5H2,1-2H3,(H,22,24). The number of amides is 1. The third-order valence-corrected chi connectivity index (χ3v) is 4.14. The Morgan fingerprint density at radius 3 is 2.58 bits per heavy atom. The lowest BCUT2D eigenvalue weighted by molar-refractivity contribution is -0.116. The van der Waals surface area contributed by atoms with Crippen molar-refractivity contribution in [2.45, 2.75) is 26.2 Å². The predicted molar refractivity (Wildman–Crippen MR) is 103 cm³/mol. The van der Waals surface area contributed by atoms with Gasteiger partial charge in [-0.15, -0.1) is 0 Å².